The van der Waals surface area contributed by atoms with E-state index >= 15 is 0 Å². The van der Waals surface area contributed by atoms with Crippen LogP contribution in [0.15, 0.2) is 59.7 Å². The second-order valence-electron chi connectivity index (χ2n) is 8.72. The van der Waals surface area contributed by atoms with Crippen molar-refractivity contribution in [3.63, 3.8) is 0 Å². The van der Waals surface area contributed by atoms with Crippen molar-refractivity contribution < 1.29 is 39.6 Å². The molecule has 0 saturated carbocycles. The van der Waals surface area contributed by atoms with Crippen LogP contribution in [0, 0.1) is 0 Å². The van der Waals surface area contributed by atoms with E-state index in [9.17, 15) is 39.6 Å². The average Bonchev–Trinajstić information content (AvgIpc) is 3.05. The summed E-state index contributed by atoms with van der Waals surface area (Å²) in [6, 6.07) is 5.18. The third kappa shape index (κ3) is 4.62. The largest absolute Gasteiger partial charge is 0.417 e. The van der Waals surface area contributed by atoms with Crippen LogP contribution in [0.2, 0.25) is 0 Å². The topological polar surface area (TPSA) is 107 Å². The number of carbonyl (C=O) groups is 1. The zero-order chi connectivity index (χ0) is 27.6. The number of nitrogens with one attached hydrogen (secondary N) is 1. The van der Waals surface area contributed by atoms with E-state index in [0.717, 1.165) is 18.2 Å². The van der Waals surface area contributed by atoms with Crippen molar-refractivity contribution in [3.8, 4) is 11.3 Å². The first-order valence-electron chi connectivity index (χ1n) is 10.5. The molecule has 7 nitrogen and oxygen atoms in total. The number of carbonyl (C=O) groups excluding carboxylic acids is 1. The summed E-state index contributed by atoms with van der Waals surface area (Å²) in [6.45, 7) is 1.33. The van der Waals surface area contributed by atoms with E-state index in [2.05, 4.69) is 4.98 Å². The molecule has 196 valence electrons. The van der Waals surface area contributed by atoms with Crippen LogP contribution in [0.3, 0.4) is 0 Å². The van der Waals surface area contributed by atoms with Crippen LogP contribution < -0.4 is 10.5 Å². The van der Waals surface area contributed by atoms with Crippen LogP contribution in [0.4, 0.5) is 26.3 Å². The zero-order valence-electron chi connectivity index (χ0n) is 19.1. The lowest BCUT2D eigenvalue weighted by atomic mass is 10.0. The lowest BCUT2D eigenvalue weighted by molar-refractivity contribution is -0.180. The Hall–Kier alpha value is -3.65. The van der Waals surface area contributed by atoms with Crippen molar-refractivity contribution in [3.05, 3.63) is 65.9 Å². The van der Waals surface area contributed by atoms with Crippen LogP contribution in [-0.2, 0) is 16.2 Å². The number of benzene rings is 1. The molecule has 2 heterocycles. The molecule has 0 saturated heterocycles. The quantitative estimate of drug-likeness (QED) is 0.433. The van der Waals surface area contributed by atoms with Crippen molar-refractivity contribution in [2.75, 3.05) is 0 Å². The number of aromatic nitrogens is 2. The first-order valence-corrected chi connectivity index (χ1v) is 11.9. The number of rotatable bonds is 6. The van der Waals surface area contributed by atoms with Gasteiger partial charge in [0.1, 0.15) is 11.2 Å². The van der Waals surface area contributed by atoms with Crippen LogP contribution in [0.25, 0.3) is 28.0 Å². The Morgan fingerprint density at radius 2 is 1.65 bits per heavy atom. The van der Waals surface area contributed by atoms with Gasteiger partial charge in [0.05, 0.1) is 21.7 Å². The number of hydrogen-bond acceptors (Lipinski definition) is 4. The highest BCUT2D eigenvalue weighted by Gasteiger charge is 2.49. The molecule has 0 atom stereocenters. The molecule has 1 aliphatic carbocycles. The molecule has 0 bridgehead atoms. The number of nitrogens with zero attached hydrogens (tertiary/aromatic N) is 2. The van der Waals surface area contributed by atoms with Crippen molar-refractivity contribution in [2.24, 2.45) is 5.73 Å². The smallest absolute Gasteiger partial charge is 0.366 e. The second-order valence-corrected chi connectivity index (χ2v) is 10.4. The Morgan fingerprint density at radius 3 is 2.11 bits per heavy atom. The number of nitrogens with two attached hydrogens (primary N) is 1. The third-order valence-electron chi connectivity index (χ3n) is 5.71. The van der Waals surface area contributed by atoms with Gasteiger partial charge in [-0.15, -0.1) is 0 Å². The van der Waals surface area contributed by atoms with Crippen molar-refractivity contribution >= 4 is 32.7 Å². The number of pyridine rings is 1. The minimum absolute atomic E-state index is 0.00214. The van der Waals surface area contributed by atoms with Gasteiger partial charge in [0.25, 0.3) is 5.91 Å². The highest BCUT2D eigenvalue weighted by atomic mass is 32.2. The van der Waals surface area contributed by atoms with E-state index in [1.54, 1.807) is 23.0 Å². The van der Waals surface area contributed by atoms with Crippen LogP contribution >= 0.6 is 0 Å². The van der Waals surface area contributed by atoms with E-state index < -0.39 is 44.3 Å². The Bertz CT molecular complexity index is 1580. The van der Waals surface area contributed by atoms with E-state index in [-0.39, 0.29) is 27.9 Å². The molecule has 3 N–H and O–H groups in total. The van der Waals surface area contributed by atoms with E-state index in [0.29, 0.717) is 25.7 Å². The molecule has 0 aliphatic heterocycles. The fourth-order valence-corrected chi connectivity index (χ4v) is 5.07. The number of allylic oxidation sites excluding steroid dienone is 4. The predicted octanol–water partition coefficient (Wildman–Crippen LogP) is 4.85. The summed E-state index contributed by atoms with van der Waals surface area (Å²) in [6.07, 6.45) is -4.16. The minimum Gasteiger partial charge on any atom is -0.366 e. The number of halogens is 6. The Morgan fingerprint density at radius 1 is 1.05 bits per heavy atom. The fourth-order valence-electron chi connectivity index (χ4n) is 3.67. The number of primary amides is 1. The zero-order valence-corrected chi connectivity index (χ0v) is 19.9. The Kier molecular flexibility index (Phi) is 6.03. The summed E-state index contributed by atoms with van der Waals surface area (Å²) in [4.78, 5) is 15.8. The molecular formula is C23H18F6N4O3S. The molecule has 0 spiro atoms. The van der Waals surface area contributed by atoms with Crippen molar-refractivity contribution in [2.45, 2.75) is 36.6 Å². The molecule has 0 fully saturated rings. The van der Waals surface area contributed by atoms with Gasteiger partial charge in [-0.2, -0.15) is 31.1 Å². The molecule has 4 rings (SSSR count). The van der Waals surface area contributed by atoms with Gasteiger partial charge in [0.2, 0.25) is 10.0 Å². The molecule has 2 aromatic heterocycles. The molecule has 1 aromatic carbocycles. The summed E-state index contributed by atoms with van der Waals surface area (Å²) < 4.78 is 108. The molecule has 1 aliphatic rings. The summed E-state index contributed by atoms with van der Waals surface area (Å²) in [7, 11) is -4.62. The maximum absolute atomic E-state index is 13.3. The van der Waals surface area contributed by atoms with Crippen molar-refractivity contribution in [1.82, 2.24) is 14.3 Å². The number of fused-ring (bicyclic) bond motifs is 1. The lowest BCUT2D eigenvalue weighted by Crippen LogP contribution is -2.54. The standard InChI is InChI=1S/C23H18F6N4O3S/c1-21(2,23(27,28)29)32-37(35,36)15-8-6-12(7-9-15)18-17(19(30)34)16-10-13(22(24,25)26)11-31-20(16)33(18)14-4-3-5-14/h3-11,32H,1-2H3,(H2,30,34). The minimum atomic E-state index is -4.87. The summed E-state index contributed by atoms with van der Waals surface area (Å²) in [5.74, 6) is -1.06. The van der Waals surface area contributed by atoms with Gasteiger partial charge in [0.15, 0.2) is 0 Å². The van der Waals surface area contributed by atoms with Crippen LogP contribution in [0.5, 0.6) is 0 Å². The van der Waals surface area contributed by atoms with Gasteiger partial charge in [-0.1, -0.05) is 18.2 Å². The summed E-state index contributed by atoms with van der Waals surface area (Å²) >= 11 is 0. The molecule has 14 heteroatoms. The van der Waals surface area contributed by atoms with Gasteiger partial charge in [0, 0.05) is 17.3 Å². The van der Waals surface area contributed by atoms with E-state index in [1.165, 1.54) is 16.7 Å². The fraction of sp³-hybridized carbons (Fsp3) is 0.217. The molecule has 0 unspecified atom stereocenters. The van der Waals surface area contributed by atoms with E-state index in [4.69, 9.17) is 5.73 Å². The predicted molar refractivity (Wildman–Crippen MR) is 123 cm³/mol. The SMILES string of the molecule is CC(C)(NS(=O)(=O)c1ccc(-c2c(C(N)=O)c3cc(C(F)(F)F)cnc3n2C2=CC=C2)cc1)C(F)(F)F. The van der Waals surface area contributed by atoms with Gasteiger partial charge < -0.3 is 5.73 Å². The van der Waals surface area contributed by atoms with Gasteiger partial charge in [-0.05, 0) is 49.8 Å². The van der Waals surface area contributed by atoms with Crippen LogP contribution in [-0.4, -0.2) is 35.6 Å². The van der Waals surface area contributed by atoms with E-state index in [1.807, 2.05) is 0 Å². The number of sulfonamides is 1. The lowest BCUT2D eigenvalue weighted by Gasteiger charge is -2.28. The molecule has 3 aromatic rings. The average molecular weight is 544 g/mol. The van der Waals surface area contributed by atoms with Gasteiger partial charge in [-0.25, -0.2) is 13.4 Å². The monoisotopic (exact) mass is 544 g/mol. The summed E-state index contributed by atoms with van der Waals surface area (Å²) in [5, 5.41) is -0.177. The maximum atomic E-state index is 13.3. The molecule has 0 radical (unpaired) electrons. The number of alkyl halides is 6. The second kappa shape index (κ2) is 8.45. The molecule has 1 amide bonds. The summed E-state index contributed by atoms with van der Waals surface area (Å²) in [5.41, 5.74) is 2.05. The number of hydrogen-bond donors (Lipinski definition) is 2. The highest BCUT2D eigenvalue weighted by Crippen LogP contribution is 2.40. The third-order valence-corrected chi connectivity index (χ3v) is 7.38. The first-order chi connectivity index (χ1) is 16.9. The number of amides is 1. The molecular weight excluding hydrogens is 526 g/mol. The molecule has 37 heavy (non-hydrogen) atoms. The Balaban J connectivity index is 1.89. The Labute approximate surface area is 206 Å². The first kappa shape index (κ1) is 26.4. The maximum Gasteiger partial charge on any atom is 0.417 e. The van der Waals surface area contributed by atoms with Gasteiger partial charge >= 0.3 is 12.4 Å². The van der Waals surface area contributed by atoms with Crippen LogP contribution in [0.1, 0.15) is 29.8 Å². The highest BCUT2D eigenvalue weighted by molar-refractivity contribution is 7.89. The van der Waals surface area contributed by atoms with Gasteiger partial charge in [-0.3, -0.25) is 9.36 Å². The normalized spacial score (nSPS) is 14.5. The van der Waals surface area contributed by atoms with Crippen molar-refractivity contribution in [1.29, 1.82) is 0 Å².